The summed E-state index contributed by atoms with van der Waals surface area (Å²) >= 11 is 1.13. The third kappa shape index (κ3) is 5.11. The molecule has 1 aliphatic heterocycles. The second-order valence-electron chi connectivity index (χ2n) is 7.10. The largest absolute Gasteiger partial charge is 0.455 e. The summed E-state index contributed by atoms with van der Waals surface area (Å²) in [7, 11) is -2.02. The van der Waals surface area contributed by atoms with Crippen molar-refractivity contribution < 1.29 is 27.5 Å². The van der Waals surface area contributed by atoms with Crippen molar-refractivity contribution in [3.05, 3.63) is 29.0 Å². The molecule has 168 valence electrons. The zero-order chi connectivity index (χ0) is 22.8. The Morgan fingerprint density at radius 1 is 1.32 bits per heavy atom. The fourth-order valence-electron chi connectivity index (χ4n) is 3.13. The number of carbonyl (C=O) groups is 3. The minimum atomic E-state index is -3.73. The number of esters is 1. The lowest BCUT2D eigenvalue weighted by Crippen LogP contribution is -2.41. The molecule has 31 heavy (non-hydrogen) atoms. The molecule has 0 atom stereocenters. The fraction of sp³-hybridized carbons (Fsp3) is 0.444. The number of piperidine rings is 1. The van der Waals surface area contributed by atoms with E-state index in [0.29, 0.717) is 5.82 Å². The van der Waals surface area contributed by atoms with Gasteiger partial charge >= 0.3 is 5.97 Å². The monoisotopic (exact) mass is 469 g/mol. The highest BCUT2D eigenvalue weighted by Gasteiger charge is 2.34. The summed E-state index contributed by atoms with van der Waals surface area (Å²) in [6.07, 6.45) is 2.02. The highest BCUT2D eigenvalue weighted by Crippen LogP contribution is 2.25. The number of rotatable bonds is 7. The van der Waals surface area contributed by atoms with E-state index in [1.54, 1.807) is 23.9 Å². The number of primary amides is 1. The van der Waals surface area contributed by atoms with E-state index in [4.69, 9.17) is 10.5 Å². The number of ether oxygens (including phenoxy) is 1. The van der Waals surface area contributed by atoms with Crippen LogP contribution >= 0.6 is 11.3 Å². The summed E-state index contributed by atoms with van der Waals surface area (Å²) < 4.78 is 33.4. The van der Waals surface area contributed by atoms with Gasteiger partial charge in [-0.3, -0.25) is 14.4 Å². The van der Waals surface area contributed by atoms with E-state index in [1.165, 1.54) is 16.6 Å². The molecule has 13 heteroatoms. The van der Waals surface area contributed by atoms with Crippen LogP contribution in [0.3, 0.4) is 0 Å². The summed E-state index contributed by atoms with van der Waals surface area (Å²) in [6, 6.07) is 1.49. The van der Waals surface area contributed by atoms with Gasteiger partial charge in [0.15, 0.2) is 11.6 Å². The second kappa shape index (κ2) is 9.16. The number of anilines is 1. The molecule has 3 heterocycles. The molecule has 0 aliphatic carbocycles. The average Bonchev–Trinajstić information content (AvgIpc) is 3.33. The van der Waals surface area contributed by atoms with Crippen LogP contribution in [0, 0.1) is 12.8 Å². The molecule has 2 aromatic heterocycles. The van der Waals surface area contributed by atoms with Crippen molar-refractivity contribution >= 4 is 44.1 Å². The number of hydrogen-bond donors (Lipinski definition) is 2. The summed E-state index contributed by atoms with van der Waals surface area (Å²) in [5.74, 6) is -1.75. The maximum absolute atomic E-state index is 12.7. The van der Waals surface area contributed by atoms with Crippen LogP contribution in [0.15, 0.2) is 22.7 Å². The van der Waals surface area contributed by atoms with Gasteiger partial charge in [0.25, 0.3) is 21.8 Å². The highest BCUT2D eigenvalue weighted by atomic mass is 32.2. The lowest BCUT2D eigenvalue weighted by atomic mass is 9.98. The van der Waals surface area contributed by atoms with E-state index in [0.717, 1.165) is 11.3 Å². The van der Waals surface area contributed by atoms with Crippen LogP contribution in [-0.2, 0) is 31.4 Å². The Bertz CT molecular complexity index is 1080. The van der Waals surface area contributed by atoms with Crippen LogP contribution in [0.2, 0.25) is 0 Å². The van der Waals surface area contributed by atoms with Gasteiger partial charge < -0.3 is 20.4 Å². The van der Waals surface area contributed by atoms with Gasteiger partial charge in [0.05, 0.1) is 11.5 Å². The number of thiophene rings is 1. The van der Waals surface area contributed by atoms with Crippen LogP contribution in [0.4, 0.5) is 5.00 Å². The number of nitrogens with one attached hydrogen (secondary N) is 1. The topological polar surface area (TPSA) is 154 Å². The standard InChI is InChI=1S/C18H23N5O6S2/c1-11-20-15(9-22(11)2)31(27,28)23-6-3-12(4-7-23)18(26)29-10-14(24)21-17-13(16(19)25)5-8-30-17/h5,8-9,12H,3-4,6-7,10H2,1-2H3,(H2,19,25)(H,21,24). The van der Waals surface area contributed by atoms with Crippen molar-refractivity contribution in [1.29, 1.82) is 0 Å². The molecule has 3 rings (SSSR count). The van der Waals surface area contributed by atoms with Gasteiger partial charge in [-0.1, -0.05) is 0 Å². The molecule has 0 radical (unpaired) electrons. The molecule has 1 aliphatic rings. The first-order valence-electron chi connectivity index (χ1n) is 9.43. The zero-order valence-corrected chi connectivity index (χ0v) is 18.7. The first-order chi connectivity index (χ1) is 14.6. The third-order valence-electron chi connectivity index (χ3n) is 5.01. The Hall–Kier alpha value is -2.77. The molecule has 1 saturated heterocycles. The Morgan fingerprint density at radius 2 is 2.00 bits per heavy atom. The zero-order valence-electron chi connectivity index (χ0n) is 17.0. The van der Waals surface area contributed by atoms with Crippen molar-refractivity contribution in [1.82, 2.24) is 13.9 Å². The minimum absolute atomic E-state index is 0.0193. The van der Waals surface area contributed by atoms with Gasteiger partial charge in [0.1, 0.15) is 10.8 Å². The molecule has 3 N–H and O–H groups in total. The van der Waals surface area contributed by atoms with Crippen LogP contribution in [0.5, 0.6) is 0 Å². The number of imidazole rings is 1. The number of aromatic nitrogens is 2. The van der Waals surface area contributed by atoms with E-state index in [9.17, 15) is 22.8 Å². The van der Waals surface area contributed by atoms with Crippen LogP contribution in [0.25, 0.3) is 0 Å². The van der Waals surface area contributed by atoms with Crippen molar-refractivity contribution in [2.45, 2.75) is 24.8 Å². The molecule has 1 fully saturated rings. The summed E-state index contributed by atoms with van der Waals surface area (Å²) in [5, 5.41) is 4.36. The molecular weight excluding hydrogens is 446 g/mol. The minimum Gasteiger partial charge on any atom is -0.455 e. The molecular formula is C18H23N5O6S2. The number of nitrogens with zero attached hydrogens (tertiary/aromatic N) is 3. The highest BCUT2D eigenvalue weighted by molar-refractivity contribution is 7.89. The number of aryl methyl sites for hydroxylation is 2. The maximum atomic E-state index is 12.7. The Balaban J connectivity index is 1.49. The van der Waals surface area contributed by atoms with Gasteiger partial charge in [-0.15, -0.1) is 11.3 Å². The van der Waals surface area contributed by atoms with E-state index in [2.05, 4.69) is 10.3 Å². The molecule has 2 aromatic rings. The maximum Gasteiger partial charge on any atom is 0.309 e. The average molecular weight is 470 g/mol. The predicted molar refractivity (Wildman–Crippen MR) is 112 cm³/mol. The van der Waals surface area contributed by atoms with E-state index < -0.39 is 40.3 Å². The normalized spacial score (nSPS) is 15.5. The molecule has 0 bridgehead atoms. The van der Waals surface area contributed by atoms with E-state index in [-0.39, 0.29) is 41.5 Å². The van der Waals surface area contributed by atoms with Crippen molar-refractivity contribution in [3.8, 4) is 0 Å². The van der Waals surface area contributed by atoms with Crippen molar-refractivity contribution in [2.24, 2.45) is 18.7 Å². The fourth-order valence-corrected chi connectivity index (χ4v) is 5.44. The van der Waals surface area contributed by atoms with Crippen molar-refractivity contribution in [3.63, 3.8) is 0 Å². The first-order valence-corrected chi connectivity index (χ1v) is 11.8. The SMILES string of the molecule is Cc1nc(S(=O)(=O)N2CCC(C(=O)OCC(=O)Nc3sccc3C(N)=O)CC2)cn1C. The number of sulfonamides is 1. The Morgan fingerprint density at radius 3 is 2.58 bits per heavy atom. The number of nitrogens with two attached hydrogens (primary N) is 1. The number of hydrogen-bond acceptors (Lipinski definition) is 8. The smallest absolute Gasteiger partial charge is 0.309 e. The van der Waals surface area contributed by atoms with E-state index in [1.807, 2.05) is 0 Å². The van der Waals surface area contributed by atoms with Gasteiger partial charge in [-0.05, 0) is 31.2 Å². The number of carbonyl (C=O) groups excluding carboxylic acids is 3. The first kappa shape index (κ1) is 22.9. The molecule has 0 saturated carbocycles. The second-order valence-corrected chi connectivity index (χ2v) is 9.90. The van der Waals surface area contributed by atoms with Crippen LogP contribution in [-0.4, -0.2) is 59.8 Å². The predicted octanol–water partition coefficient (Wildman–Crippen LogP) is 0.472. The molecule has 0 aromatic carbocycles. The van der Waals surface area contributed by atoms with Gasteiger partial charge in [0, 0.05) is 26.3 Å². The Kier molecular flexibility index (Phi) is 6.77. The molecule has 11 nitrogen and oxygen atoms in total. The third-order valence-corrected chi connectivity index (χ3v) is 7.61. The summed E-state index contributed by atoms with van der Waals surface area (Å²) in [6.45, 7) is 1.51. The summed E-state index contributed by atoms with van der Waals surface area (Å²) in [4.78, 5) is 39.7. The quantitative estimate of drug-likeness (QED) is 0.559. The van der Waals surface area contributed by atoms with Crippen LogP contribution < -0.4 is 11.1 Å². The van der Waals surface area contributed by atoms with Crippen molar-refractivity contribution in [2.75, 3.05) is 25.0 Å². The summed E-state index contributed by atoms with van der Waals surface area (Å²) in [5.41, 5.74) is 5.40. The van der Waals surface area contributed by atoms with E-state index >= 15 is 0 Å². The molecule has 0 spiro atoms. The molecule has 2 amide bonds. The van der Waals surface area contributed by atoms with Gasteiger partial charge in [-0.2, -0.15) is 4.31 Å². The molecule has 0 unspecified atom stereocenters. The lowest BCUT2D eigenvalue weighted by Gasteiger charge is -2.29. The number of amides is 2. The van der Waals surface area contributed by atoms with Crippen LogP contribution in [0.1, 0.15) is 29.0 Å². The lowest BCUT2D eigenvalue weighted by molar-refractivity contribution is -0.152. The van der Waals surface area contributed by atoms with Gasteiger partial charge in [0.2, 0.25) is 0 Å². The van der Waals surface area contributed by atoms with Gasteiger partial charge in [-0.25, -0.2) is 13.4 Å². The Labute approximate surface area is 183 Å².